The Morgan fingerprint density at radius 3 is 2.74 bits per heavy atom. The van der Waals surface area contributed by atoms with Crippen LogP contribution in [0.3, 0.4) is 0 Å². The molecule has 0 unspecified atom stereocenters. The van der Waals surface area contributed by atoms with E-state index in [-0.39, 0.29) is 0 Å². The van der Waals surface area contributed by atoms with Crippen LogP contribution in [0.4, 0.5) is 0 Å². The fraction of sp³-hybridized carbons (Fsp3) is 0.176. The number of para-hydroxylation sites is 1. The summed E-state index contributed by atoms with van der Waals surface area (Å²) in [6.07, 6.45) is 4.86. The van der Waals surface area contributed by atoms with Crippen LogP contribution in [0.5, 0.6) is 0 Å². The second-order valence-corrected chi connectivity index (χ2v) is 7.23. The van der Waals surface area contributed by atoms with Crippen LogP contribution >= 0.6 is 11.8 Å². The molecule has 0 fully saturated rings. The molecule has 0 aliphatic heterocycles. The molecule has 0 aliphatic carbocycles. The zero-order valence-corrected chi connectivity index (χ0v) is 13.5. The topological polar surface area (TPSA) is 76.0 Å². The molecule has 2 aromatic heterocycles. The van der Waals surface area contributed by atoms with E-state index >= 15 is 0 Å². The first-order valence-electron chi connectivity index (χ1n) is 7.05. The van der Waals surface area contributed by atoms with E-state index in [1.807, 2.05) is 30.3 Å². The zero-order chi connectivity index (χ0) is 16.4. The largest absolute Gasteiger partial charge is 0.480 e. The molecule has 0 radical (unpaired) electrons. The number of aromatic nitrogens is 3. The summed E-state index contributed by atoms with van der Waals surface area (Å²) < 4.78 is -0.969. The van der Waals surface area contributed by atoms with Crippen LogP contribution in [-0.2, 0) is 4.79 Å². The maximum absolute atomic E-state index is 11.4. The lowest BCUT2D eigenvalue weighted by molar-refractivity contribution is -0.138. The molecule has 0 bridgehead atoms. The summed E-state index contributed by atoms with van der Waals surface area (Å²) in [6.45, 7) is 3.32. The highest BCUT2D eigenvalue weighted by molar-refractivity contribution is 8.01. The normalized spacial score (nSPS) is 11.6. The predicted molar refractivity (Wildman–Crippen MR) is 90.3 cm³/mol. The zero-order valence-electron chi connectivity index (χ0n) is 12.7. The number of rotatable bonds is 4. The Bertz CT molecular complexity index is 880. The van der Waals surface area contributed by atoms with E-state index in [0.717, 1.165) is 21.4 Å². The fourth-order valence-corrected chi connectivity index (χ4v) is 3.15. The number of fused-ring (bicyclic) bond motifs is 1. The van der Waals surface area contributed by atoms with Gasteiger partial charge in [0, 0.05) is 23.3 Å². The molecule has 0 spiro atoms. The molecule has 6 heteroatoms. The van der Waals surface area contributed by atoms with E-state index in [1.54, 1.807) is 26.2 Å². The van der Waals surface area contributed by atoms with E-state index in [4.69, 9.17) is 0 Å². The van der Waals surface area contributed by atoms with Gasteiger partial charge in [-0.1, -0.05) is 18.2 Å². The van der Waals surface area contributed by atoms with E-state index in [9.17, 15) is 9.90 Å². The predicted octanol–water partition coefficient (Wildman–Crippen LogP) is 3.65. The molecule has 1 aromatic carbocycles. The van der Waals surface area contributed by atoms with Gasteiger partial charge in [-0.2, -0.15) is 0 Å². The minimum atomic E-state index is -0.969. The van der Waals surface area contributed by atoms with Crippen molar-refractivity contribution in [1.29, 1.82) is 0 Å². The Hall–Kier alpha value is -2.47. The van der Waals surface area contributed by atoms with E-state index in [0.29, 0.717) is 5.69 Å². The molecule has 0 aliphatic rings. The summed E-state index contributed by atoms with van der Waals surface area (Å²) in [5.41, 5.74) is 2.44. The minimum absolute atomic E-state index is 0.692. The summed E-state index contributed by atoms with van der Waals surface area (Å²) in [5, 5.41) is 10.3. The standard InChI is InChI=1S/C17H15N3O2S/c1-17(2,16(21)22)23-14-9-18-10-20-15(14)12-7-11-5-3-4-6-13(11)19-8-12/h3-10H,1-2H3,(H,21,22). The van der Waals surface area contributed by atoms with Crippen LogP contribution in [0, 0.1) is 0 Å². The van der Waals surface area contributed by atoms with Crippen LogP contribution in [-0.4, -0.2) is 30.8 Å². The molecular weight excluding hydrogens is 310 g/mol. The SMILES string of the molecule is CC(C)(Sc1cncnc1-c1cnc2ccccc2c1)C(=O)O. The summed E-state index contributed by atoms with van der Waals surface area (Å²) in [5.74, 6) is -0.881. The van der Waals surface area contributed by atoms with Gasteiger partial charge in [0.1, 0.15) is 11.1 Å². The third kappa shape index (κ3) is 3.17. The lowest BCUT2D eigenvalue weighted by atomic mass is 10.1. The number of pyridine rings is 1. The molecule has 1 N–H and O–H groups in total. The van der Waals surface area contributed by atoms with Gasteiger partial charge in [-0.25, -0.2) is 9.97 Å². The van der Waals surface area contributed by atoms with Gasteiger partial charge in [-0.05, 0) is 26.0 Å². The quantitative estimate of drug-likeness (QED) is 0.738. The highest BCUT2D eigenvalue weighted by atomic mass is 32.2. The molecule has 5 nitrogen and oxygen atoms in total. The average Bonchev–Trinajstić information content (AvgIpc) is 2.54. The van der Waals surface area contributed by atoms with Gasteiger partial charge in [-0.3, -0.25) is 9.78 Å². The van der Waals surface area contributed by atoms with Crippen molar-refractivity contribution in [3.8, 4) is 11.3 Å². The second kappa shape index (κ2) is 5.96. The Labute approximate surface area is 137 Å². The summed E-state index contributed by atoms with van der Waals surface area (Å²) >= 11 is 1.23. The number of benzene rings is 1. The number of carboxylic acid groups (broad SMARTS) is 1. The van der Waals surface area contributed by atoms with Gasteiger partial charge in [0.2, 0.25) is 0 Å². The molecule has 3 rings (SSSR count). The number of carbonyl (C=O) groups is 1. The Morgan fingerprint density at radius 2 is 1.96 bits per heavy atom. The molecule has 0 amide bonds. The van der Waals surface area contributed by atoms with Crippen molar-refractivity contribution >= 4 is 28.6 Å². The van der Waals surface area contributed by atoms with Gasteiger partial charge in [0.15, 0.2) is 0 Å². The van der Waals surface area contributed by atoms with E-state index in [2.05, 4.69) is 15.0 Å². The molecule has 3 aromatic rings. The van der Waals surface area contributed by atoms with Crippen molar-refractivity contribution in [1.82, 2.24) is 15.0 Å². The fourth-order valence-electron chi connectivity index (χ4n) is 2.13. The van der Waals surface area contributed by atoms with Gasteiger partial charge in [0.05, 0.1) is 16.1 Å². The molecule has 0 saturated heterocycles. The molecule has 116 valence electrons. The molecular formula is C17H15N3O2S. The lowest BCUT2D eigenvalue weighted by Gasteiger charge is -2.19. The number of hydrogen-bond acceptors (Lipinski definition) is 5. The minimum Gasteiger partial charge on any atom is -0.480 e. The molecule has 23 heavy (non-hydrogen) atoms. The average molecular weight is 325 g/mol. The number of carboxylic acids is 1. The number of nitrogens with zero attached hydrogens (tertiary/aromatic N) is 3. The van der Waals surface area contributed by atoms with Crippen LogP contribution in [0.25, 0.3) is 22.2 Å². The van der Waals surface area contributed by atoms with Crippen molar-refractivity contribution in [2.75, 3.05) is 0 Å². The van der Waals surface area contributed by atoms with Crippen LogP contribution in [0.1, 0.15) is 13.8 Å². The highest BCUT2D eigenvalue weighted by Gasteiger charge is 2.30. The van der Waals surface area contributed by atoms with Gasteiger partial charge in [-0.15, -0.1) is 11.8 Å². The van der Waals surface area contributed by atoms with Crippen LogP contribution < -0.4 is 0 Å². The Balaban J connectivity index is 2.07. The maximum atomic E-state index is 11.4. The monoisotopic (exact) mass is 325 g/mol. The maximum Gasteiger partial charge on any atom is 0.319 e. The first-order chi connectivity index (χ1) is 11.0. The van der Waals surface area contributed by atoms with Crippen LogP contribution in [0.2, 0.25) is 0 Å². The molecule has 0 atom stereocenters. The Kier molecular flexibility index (Phi) is 4.00. The first kappa shape index (κ1) is 15.4. The highest BCUT2D eigenvalue weighted by Crippen LogP contribution is 2.37. The van der Waals surface area contributed by atoms with E-state index < -0.39 is 10.7 Å². The third-order valence-electron chi connectivity index (χ3n) is 3.42. The second-order valence-electron chi connectivity index (χ2n) is 5.57. The van der Waals surface area contributed by atoms with Crippen molar-refractivity contribution in [2.45, 2.75) is 23.5 Å². The molecule has 2 heterocycles. The van der Waals surface area contributed by atoms with E-state index in [1.165, 1.54) is 18.1 Å². The van der Waals surface area contributed by atoms with Gasteiger partial charge >= 0.3 is 5.97 Å². The molecule has 0 saturated carbocycles. The van der Waals surface area contributed by atoms with Crippen LogP contribution in [0.15, 0.2) is 53.9 Å². The third-order valence-corrected chi connectivity index (χ3v) is 4.63. The Morgan fingerprint density at radius 1 is 1.17 bits per heavy atom. The van der Waals surface area contributed by atoms with Crippen molar-refractivity contribution < 1.29 is 9.90 Å². The summed E-state index contributed by atoms with van der Waals surface area (Å²) in [7, 11) is 0. The summed E-state index contributed by atoms with van der Waals surface area (Å²) in [4.78, 5) is 24.9. The van der Waals surface area contributed by atoms with Crippen molar-refractivity contribution in [2.24, 2.45) is 0 Å². The number of hydrogen-bond donors (Lipinski definition) is 1. The summed E-state index contributed by atoms with van der Waals surface area (Å²) in [6, 6.07) is 9.83. The van der Waals surface area contributed by atoms with Crippen molar-refractivity contribution in [3.05, 3.63) is 49.1 Å². The first-order valence-corrected chi connectivity index (χ1v) is 7.86. The van der Waals surface area contributed by atoms with Crippen molar-refractivity contribution in [3.63, 3.8) is 0 Å². The van der Waals surface area contributed by atoms with Gasteiger partial charge < -0.3 is 5.11 Å². The van der Waals surface area contributed by atoms with Gasteiger partial charge in [0.25, 0.3) is 0 Å². The smallest absolute Gasteiger partial charge is 0.319 e. The number of thioether (sulfide) groups is 1. The lowest BCUT2D eigenvalue weighted by Crippen LogP contribution is -2.27. The number of aliphatic carboxylic acids is 1.